The highest BCUT2D eigenvalue weighted by Gasteiger charge is 2.18. The number of rotatable bonds is 2. The van der Waals surface area contributed by atoms with Gasteiger partial charge < -0.3 is 4.90 Å². The molecule has 0 aromatic heterocycles. The number of halogens is 1. The number of amides is 1. The van der Waals surface area contributed by atoms with Crippen LogP contribution >= 0.6 is 22.9 Å². The first-order valence-corrected chi connectivity index (χ1v) is 5.39. The Morgan fingerprint density at radius 1 is 1.33 bits per heavy atom. The van der Waals surface area contributed by atoms with E-state index in [4.69, 9.17) is 0 Å². The summed E-state index contributed by atoms with van der Waals surface area (Å²) in [7, 11) is 0. The van der Waals surface area contributed by atoms with Crippen molar-refractivity contribution >= 4 is 28.8 Å². The third kappa shape index (κ3) is 2.90. The molecule has 12 heavy (non-hydrogen) atoms. The molecule has 1 aliphatic heterocycles. The van der Waals surface area contributed by atoms with Crippen LogP contribution in [-0.4, -0.2) is 40.1 Å². The lowest BCUT2D eigenvalue weighted by Gasteiger charge is -2.31. The molecule has 0 spiro atoms. The van der Waals surface area contributed by atoms with Gasteiger partial charge in [0.05, 0.1) is 0 Å². The molecule has 1 rings (SSSR count). The maximum Gasteiger partial charge on any atom is 0.222 e. The summed E-state index contributed by atoms with van der Waals surface area (Å²) in [4.78, 5) is 13.4. The quantitative estimate of drug-likeness (QED) is 0.562. The zero-order chi connectivity index (χ0) is 8.97. The van der Waals surface area contributed by atoms with E-state index in [0.717, 1.165) is 32.6 Å². The van der Waals surface area contributed by atoms with Crippen LogP contribution in [0.4, 0.5) is 0 Å². The highest BCUT2D eigenvalue weighted by Crippen LogP contribution is 2.07. The van der Waals surface area contributed by atoms with E-state index >= 15 is 0 Å². The summed E-state index contributed by atoms with van der Waals surface area (Å²) in [6.07, 6.45) is 1.67. The van der Waals surface area contributed by atoms with Crippen LogP contribution in [0.15, 0.2) is 0 Å². The van der Waals surface area contributed by atoms with Crippen LogP contribution in [0.3, 0.4) is 0 Å². The number of piperazine rings is 1. The lowest BCUT2D eigenvalue weighted by atomic mass is 10.2. The molecule has 0 saturated carbocycles. The fraction of sp³-hybridized carbons (Fsp3) is 0.875. The minimum absolute atomic E-state index is 0.321. The molecule has 0 aromatic carbocycles. The Morgan fingerprint density at radius 2 is 1.92 bits per heavy atom. The molecule has 4 heteroatoms. The van der Waals surface area contributed by atoms with Crippen LogP contribution < -0.4 is 0 Å². The third-order valence-corrected chi connectivity index (χ3v) is 3.01. The van der Waals surface area contributed by atoms with Crippen molar-refractivity contribution in [2.75, 3.05) is 26.2 Å². The summed E-state index contributed by atoms with van der Waals surface area (Å²) in [5, 5.41) is 0. The number of hydrogen-bond acceptors (Lipinski definition) is 2. The van der Waals surface area contributed by atoms with Crippen LogP contribution in [0.1, 0.15) is 19.8 Å². The van der Waals surface area contributed by atoms with E-state index in [9.17, 15) is 4.79 Å². The first kappa shape index (κ1) is 10.2. The van der Waals surface area contributed by atoms with Gasteiger partial charge in [-0.3, -0.25) is 4.79 Å². The van der Waals surface area contributed by atoms with Crippen LogP contribution in [0.2, 0.25) is 0 Å². The summed E-state index contributed by atoms with van der Waals surface area (Å²) >= 11 is 2.31. The summed E-state index contributed by atoms with van der Waals surface area (Å²) in [6, 6.07) is 0. The van der Waals surface area contributed by atoms with E-state index in [1.165, 1.54) is 0 Å². The molecule has 1 saturated heterocycles. The molecule has 0 N–H and O–H groups in total. The molecule has 0 aromatic rings. The van der Waals surface area contributed by atoms with E-state index in [0.29, 0.717) is 12.3 Å². The van der Waals surface area contributed by atoms with Crippen molar-refractivity contribution < 1.29 is 4.79 Å². The number of carbonyl (C=O) groups is 1. The second-order valence-electron chi connectivity index (χ2n) is 3.04. The summed E-state index contributed by atoms with van der Waals surface area (Å²) in [6.45, 7) is 5.88. The number of hydrogen-bond donors (Lipinski definition) is 0. The number of carbonyl (C=O) groups excluding carboxylic acids is 1. The second-order valence-corrected chi connectivity index (χ2v) is 4.41. The average Bonchev–Trinajstić information content (AvgIpc) is 2.06. The third-order valence-electron chi connectivity index (χ3n) is 2.04. The van der Waals surface area contributed by atoms with E-state index in [2.05, 4.69) is 26.0 Å². The van der Waals surface area contributed by atoms with Gasteiger partial charge >= 0.3 is 0 Å². The predicted octanol–water partition coefficient (Wildman–Crippen LogP) is 1.28. The van der Waals surface area contributed by atoms with Crippen molar-refractivity contribution in [1.29, 1.82) is 0 Å². The fourth-order valence-electron chi connectivity index (χ4n) is 1.30. The Morgan fingerprint density at radius 3 is 2.42 bits per heavy atom. The largest absolute Gasteiger partial charge is 0.340 e. The highest BCUT2D eigenvalue weighted by atomic mass is 127. The van der Waals surface area contributed by atoms with Gasteiger partial charge in [-0.05, 0) is 6.42 Å². The molecular weight excluding hydrogens is 267 g/mol. The van der Waals surface area contributed by atoms with Crippen LogP contribution in [0, 0.1) is 0 Å². The van der Waals surface area contributed by atoms with Crippen molar-refractivity contribution in [3.8, 4) is 0 Å². The molecule has 1 aliphatic rings. The van der Waals surface area contributed by atoms with Crippen molar-refractivity contribution in [1.82, 2.24) is 8.01 Å². The first-order valence-electron chi connectivity index (χ1n) is 4.42. The van der Waals surface area contributed by atoms with Gasteiger partial charge in [0, 0.05) is 55.5 Å². The van der Waals surface area contributed by atoms with Gasteiger partial charge in [-0.15, -0.1) is 0 Å². The zero-order valence-electron chi connectivity index (χ0n) is 7.42. The van der Waals surface area contributed by atoms with Crippen LogP contribution in [0.5, 0.6) is 0 Å². The minimum Gasteiger partial charge on any atom is -0.340 e. The Kier molecular flexibility index (Phi) is 4.28. The second kappa shape index (κ2) is 5.01. The molecule has 70 valence electrons. The molecule has 1 fully saturated rings. The van der Waals surface area contributed by atoms with E-state index in [1.807, 2.05) is 11.8 Å². The Balaban J connectivity index is 2.29. The SMILES string of the molecule is CCCC(=O)N1CCN(I)CC1. The van der Waals surface area contributed by atoms with Crippen molar-refractivity contribution in [2.24, 2.45) is 0 Å². The average molecular weight is 282 g/mol. The van der Waals surface area contributed by atoms with Gasteiger partial charge in [-0.2, -0.15) is 0 Å². The van der Waals surface area contributed by atoms with E-state index < -0.39 is 0 Å². The van der Waals surface area contributed by atoms with Gasteiger partial charge in [0.15, 0.2) is 0 Å². The highest BCUT2D eigenvalue weighted by molar-refractivity contribution is 14.1. The van der Waals surface area contributed by atoms with E-state index in [1.54, 1.807) is 0 Å². The topological polar surface area (TPSA) is 23.6 Å². The van der Waals surface area contributed by atoms with Crippen molar-refractivity contribution in [3.05, 3.63) is 0 Å². The van der Waals surface area contributed by atoms with Crippen molar-refractivity contribution in [3.63, 3.8) is 0 Å². The molecule has 1 heterocycles. The molecular formula is C8H15IN2O. The minimum atomic E-state index is 0.321. The summed E-state index contributed by atoms with van der Waals surface area (Å²) in [5.41, 5.74) is 0. The number of nitrogens with zero attached hydrogens (tertiary/aromatic N) is 2. The Hall–Kier alpha value is 0.160. The molecule has 0 unspecified atom stereocenters. The van der Waals surface area contributed by atoms with Crippen LogP contribution in [-0.2, 0) is 4.79 Å². The summed E-state index contributed by atoms with van der Waals surface area (Å²) in [5.74, 6) is 0.321. The molecule has 3 nitrogen and oxygen atoms in total. The lowest BCUT2D eigenvalue weighted by Crippen LogP contribution is -2.45. The molecule has 0 radical (unpaired) electrons. The van der Waals surface area contributed by atoms with Gasteiger partial charge in [0.1, 0.15) is 0 Å². The Labute approximate surface area is 87.6 Å². The van der Waals surface area contributed by atoms with Gasteiger partial charge in [-0.1, -0.05) is 6.92 Å². The standard InChI is InChI=1S/C8H15IN2O/c1-2-3-8(12)10-4-6-11(9)7-5-10/h2-7H2,1H3. The first-order chi connectivity index (χ1) is 5.74. The normalized spacial score (nSPS) is 19.7. The molecule has 0 aliphatic carbocycles. The maximum atomic E-state index is 11.4. The molecule has 0 bridgehead atoms. The fourth-order valence-corrected chi connectivity index (χ4v) is 1.73. The summed E-state index contributed by atoms with van der Waals surface area (Å²) < 4.78 is 2.23. The zero-order valence-corrected chi connectivity index (χ0v) is 9.58. The Bertz CT molecular complexity index is 155. The van der Waals surface area contributed by atoms with Gasteiger partial charge in [-0.25, -0.2) is 3.11 Å². The van der Waals surface area contributed by atoms with Crippen molar-refractivity contribution in [2.45, 2.75) is 19.8 Å². The van der Waals surface area contributed by atoms with Crippen LogP contribution in [0.25, 0.3) is 0 Å². The van der Waals surface area contributed by atoms with Gasteiger partial charge in [0.2, 0.25) is 5.91 Å². The maximum absolute atomic E-state index is 11.4. The van der Waals surface area contributed by atoms with E-state index in [-0.39, 0.29) is 0 Å². The molecule has 1 amide bonds. The predicted molar refractivity (Wildman–Crippen MR) is 57.1 cm³/mol. The van der Waals surface area contributed by atoms with Gasteiger partial charge in [0.25, 0.3) is 0 Å². The molecule has 0 atom stereocenters. The smallest absolute Gasteiger partial charge is 0.222 e. The monoisotopic (exact) mass is 282 g/mol. The lowest BCUT2D eigenvalue weighted by molar-refractivity contribution is -0.132.